The number of halogens is 12. The number of allylic oxidation sites excluding steroid dienone is 16. The lowest BCUT2D eigenvalue weighted by Crippen LogP contribution is -3.00. The molecule has 0 spiro atoms. The summed E-state index contributed by atoms with van der Waals surface area (Å²) in [4.78, 5) is 9.84. The van der Waals surface area contributed by atoms with Crippen LogP contribution in [0.25, 0.3) is 0 Å². The van der Waals surface area contributed by atoms with Crippen molar-refractivity contribution in [1.29, 1.82) is 0 Å². The lowest BCUT2D eigenvalue weighted by atomic mass is 9.83. The van der Waals surface area contributed by atoms with Gasteiger partial charge in [0.15, 0.2) is 10.1 Å². The quantitative estimate of drug-likeness (QED) is 0.0104. The predicted molar refractivity (Wildman–Crippen MR) is 549 cm³/mol. The fourth-order valence-electron chi connectivity index (χ4n) is 20.1. The number of alkyl halides is 6. The number of rotatable bonds is 32. The fourth-order valence-corrected chi connectivity index (χ4v) is 20.4. The highest BCUT2D eigenvalue weighted by atomic mass is 35.5. The summed E-state index contributed by atoms with van der Waals surface area (Å²) in [6.45, 7) is 32.8. The van der Waals surface area contributed by atoms with Crippen LogP contribution >= 0.6 is 23.2 Å². The molecule has 0 unspecified atom stereocenters. The highest BCUT2D eigenvalue weighted by Crippen LogP contribution is 2.54. The number of benzene rings is 8. The van der Waals surface area contributed by atoms with Crippen LogP contribution in [-0.4, -0.2) is 63.6 Å². The van der Waals surface area contributed by atoms with E-state index < -0.39 is 40.3 Å². The van der Waals surface area contributed by atoms with E-state index >= 15 is 0 Å². The Morgan fingerprint density at radius 1 is 0.368 bits per heavy atom. The SMILES string of the molecule is CCCCCCCCCCCCN1C(=CC=C2CCC(=CC=C3N(CCCCCCCCCCCC)c4ccc(Cl)cc4C3(C)C)C2=[N+](c2ccccc2)c2ccccc2)C(C)(C)c2cc(Cl)ccc21.CCN1C(=CC=C2CCC(=CC=C3N(CC)c4ccc(C(F)(F)F)cc4C3(C)C)C2=[N+](c2ccccc2)c2ccccc2)C(C)(C)c2cc(C)ccc21.FB(F)F.O=S(=O)([O-])C(F)(F)F.[F-]. The van der Waals surface area contributed by atoms with E-state index in [9.17, 15) is 39.3 Å². The molecular formula is C113H135BCl2F10N6O3S. The van der Waals surface area contributed by atoms with E-state index in [-0.39, 0.29) is 20.9 Å². The van der Waals surface area contributed by atoms with Crippen molar-refractivity contribution >= 4 is 97.8 Å². The molecule has 2 saturated carbocycles. The Morgan fingerprint density at radius 3 is 0.897 bits per heavy atom. The van der Waals surface area contributed by atoms with E-state index in [1.807, 2.05) is 26.0 Å². The van der Waals surface area contributed by atoms with Gasteiger partial charge in [0.25, 0.3) is 0 Å². The molecule has 0 atom stereocenters. The normalized spacial score (nSPS) is 18.4. The molecule has 4 heterocycles. The molecule has 728 valence electrons. The van der Waals surface area contributed by atoms with Gasteiger partial charge in [0, 0.05) is 174 Å². The van der Waals surface area contributed by atoms with Gasteiger partial charge in [-0.2, -0.15) is 35.5 Å². The Bertz CT molecular complexity index is 5610. The zero-order valence-corrected chi connectivity index (χ0v) is 83.7. The van der Waals surface area contributed by atoms with Crippen molar-refractivity contribution in [1.82, 2.24) is 9.15 Å². The Morgan fingerprint density at radius 2 is 0.618 bits per heavy atom. The zero-order chi connectivity index (χ0) is 97.6. The lowest BCUT2D eigenvalue weighted by molar-refractivity contribution is -0.137. The highest BCUT2D eigenvalue weighted by molar-refractivity contribution is 7.86. The minimum Gasteiger partial charge on any atom is -1.00 e. The second-order valence-electron chi connectivity index (χ2n) is 38.1. The first-order valence-electron chi connectivity index (χ1n) is 48.5. The average molecular weight is 1930 g/mol. The third-order valence-corrected chi connectivity index (χ3v) is 28.2. The van der Waals surface area contributed by atoms with Crippen molar-refractivity contribution in [3.63, 3.8) is 0 Å². The van der Waals surface area contributed by atoms with Crippen LogP contribution in [0.5, 0.6) is 0 Å². The second kappa shape index (κ2) is 48.6. The molecule has 0 amide bonds. The first-order valence-corrected chi connectivity index (χ1v) is 50.7. The summed E-state index contributed by atoms with van der Waals surface area (Å²) in [5, 5.41) is 1.61. The predicted octanol–water partition coefficient (Wildman–Crippen LogP) is 30.4. The van der Waals surface area contributed by atoms with E-state index in [4.69, 9.17) is 36.2 Å². The highest BCUT2D eigenvalue weighted by Gasteiger charge is 2.47. The van der Waals surface area contributed by atoms with Gasteiger partial charge in [-0.05, 0) is 167 Å². The molecule has 6 aliphatic rings. The largest absolute Gasteiger partial charge is 1.00 e. The number of anilines is 4. The summed E-state index contributed by atoms with van der Waals surface area (Å²) in [5.41, 5.74) is 20.2. The number of likely N-dealkylation sites (N-methyl/N-ethyl adjacent to an activating group) is 2. The Hall–Kier alpha value is -9.93. The molecule has 0 aromatic heterocycles. The topological polar surface area (TPSA) is 76.2 Å². The van der Waals surface area contributed by atoms with E-state index in [0.717, 1.165) is 83.8 Å². The van der Waals surface area contributed by atoms with Crippen LogP contribution in [0.15, 0.2) is 288 Å². The van der Waals surface area contributed by atoms with Gasteiger partial charge < -0.3 is 28.9 Å². The minimum atomic E-state index is -6.09. The van der Waals surface area contributed by atoms with Crippen molar-refractivity contribution in [3.8, 4) is 0 Å². The number of hydrogen-bond donors (Lipinski definition) is 0. The van der Waals surface area contributed by atoms with Crippen LogP contribution in [0.2, 0.25) is 10.0 Å². The summed E-state index contributed by atoms with van der Waals surface area (Å²) < 4.78 is 134. The fraction of sp³-hybridized carbons (Fsp3) is 0.416. The molecule has 0 radical (unpaired) electrons. The van der Waals surface area contributed by atoms with Gasteiger partial charge in [0.2, 0.25) is 34.2 Å². The number of fused-ring (bicyclic) bond motifs is 4. The number of para-hydroxylation sites is 4. The summed E-state index contributed by atoms with van der Waals surface area (Å²) >= 11 is 13.5. The molecule has 0 saturated heterocycles. The molecule has 136 heavy (non-hydrogen) atoms. The summed E-state index contributed by atoms with van der Waals surface area (Å²) in [6, 6.07) is 67.0. The third-order valence-electron chi connectivity index (χ3n) is 27.2. The van der Waals surface area contributed by atoms with Gasteiger partial charge in [0.05, 0.1) is 5.56 Å². The van der Waals surface area contributed by atoms with Gasteiger partial charge in [-0.3, -0.25) is 12.9 Å². The number of nitrogens with zero attached hydrogens (tertiary/aromatic N) is 6. The van der Waals surface area contributed by atoms with Crippen LogP contribution in [-0.2, 0) is 38.0 Å². The summed E-state index contributed by atoms with van der Waals surface area (Å²) in [7, 11) is -9.76. The molecule has 2 aliphatic carbocycles. The van der Waals surface area contributed by atoms with Gasteiger partial charge in [0.1, 0.15) is 0 Å². The van der Waals surface area contributed by atoms with E-state index in [1.54, 1.807) is 6.07 Å². The maximum Gasteiger partial charge on any atom is 0.762 e. The van der Waals surface area contributed by atoms with Crippen molar-refractivity contribution in [2.45, 2.75) is 277 Å². The van der Waals surface area contributed by atoms with E-state index in [0.29, 0.717) is 12.1 Å². The monoisotopic (exact) mass is 1930 g/mol. The third kappa shape index (κ3) is 26.3. The first kappa shape index (κ1) is 108. The Labute approximate surface area is 813 Å². The molecule has 0 bridgehead atoms. The molecule has 2 fully saturated rings. The zero-order valence-electron chi connectivity index (χ0n) is 81.3. The smallest absolute Gasteiger partial charge is 0.762 e. The van der Waals surface area contributed by atoms with Crippen molar-refractivity contribution < 1.29 is 57.0 Å². The van der Waals surface area contributed by atoms with E-state index in [2.05, 4.69) is 317 Å². The molecule has 8 aromatic rings. The summed E-state index contributed by atoms with van der Waals surface area (Å²) in [5.74, 6) is 0. The van der Waals surface area contributed by atoms with Crippen LogP contribution < -0.4 is 33.5 Å². The molecule has 8 aromatic carbocycles. The molecular weight excluding hydrogens is 1790 g/mol. The standard InChI is InChI=1S/C65H86Cl2N3.C47H49F3N3.CHF3O3S.BF3.FH/c1-7-9-11-13-15-17-19-21-23-31-47-68-59-43-41-53(66)49-57(59)64(3,4)61(68)45-39-51-37-38-52(63(51)70(55-33-27-25-28-34-55)56-35-29-26-30-36-56)40-46-62-65(5,6)58-50-54(67)42-44-60(58)69(62)48-32-24-22-20-18-16-14-12-10-8-2;1-8-51-40-26-20-32(3)30-38(40)45(4,5)42(51)28-23-33-21-22-34(44(33)53(36-16-12-10-13-17-36)37-18-14-11-15-19-37)24-29-43-46(6,7)39-31-35(47(48,49)50)25-27-41(39)52(43)9-2;2-1(3,4)8(5,6)7;2-1(3)4;/h25-30,33-36,39-46,49-50H,7-24,31-32,37-38,47-48H2,1-6H3;10-20,23-31H,8-9,21-22H2,1-7H3;(H,5,6,7);;1H/q2*+1;;;/p-2. The van der Waals surface area contributed by atoms with Crippen molar-refractivity contribution in [2.75, 3.05) is 45.8 Å². The van der Waals surface area contributed by atoms with Gasteiger partial charge in [-0.1, -0.05) is 323 Å². The Kier molecular flexibility index (Phi) is 38.6. The van der Waals surface area contributed by atoms with E-state index in [1.165, 1.54) is 236 Å². The average Bonchev–Trinajstić information content (AvgIpc) is 1.60. The molecule has 23 heteroatoms. The number of hydrogen-bond acceptors (Lipinski definition) is 7. The molecule has 0 N–H and O–H groups in total. The van der Waals surface area contributed by atoms with Crippen LogP contribution in [0.4, 0.5) is 84.8 Å². The summed E-state index contributed by atoms with van der Waals surface area (Å²) in [6.07, 6.45) is 44.8. The Balaban J connectivity index is 0.000000256. The van der Waals surface area contributed by atoms with Gasteiger partial charge >= 0.3 is 19.2 Å². The van der Waals surface area contributed by atoms with Gasteiger partial charge in [-0.25, -0.2) is 8.42 Å². The molecule has 4 aliphatic heterocycles. The number of unbranched alkanes of at least 4 members (excludes halogenated alkanes) is 18. The number of aryl methyl sites for hydroxylation is 1. The van der Waals surface area contributed by atoms with Crippen LogP contribution in [0.1, 0.15) is 271 Å². The van der Waals surface area contributed by atoms with Crippen molar-refractivity contribution in [2.24, 2.45) is 0 Å². The molecule has 9 nitrogen and oxygen atoms in total. The van der Waals surface area contributed by atoms with Crippen molar-refractivity contribution in [3.05, 3.63) is 331 Å². The first-order chi connectivity index (χ1) is 64.3. The maximum atomic E-state index is 13.8. The van der Waals surface area contributed by atoms with Gasteiger partial charge in [-0.15, -0.1) is 0 Å². The lowest BCUT2D eigenvalue weighted by Gasteiger charge is -2.27. The second-order valence-corrected chi connectivity index (χ2v) is 40.3. The van der Waals surface area contributed by atoms with Crippen LogP contribution in [0.3, 0.4) is 0 Å². The minimum absolute atomic E-state index is 0. The maximum absolute atomic E-state index is 13.8. The van der Waals surface area contributed by atoms with Crippen LogP contribution in [0, 0.1) is 6.92 Å². The molecule has 14 rings (SSSR count).